The Morgan fingerprint density at radius 1 is 1.50 bits per heavy atom. The third-order valence-corrected chi connectivity index (χ3v) is 2.86. The fraction of sp³-hybridized carbons (Fsp3) is 0.100. The van der Waals surface area contributed by atoms with Gasteiger partial charge in [-0.15, -0.1) is 0 Å². The molecule has 14 heavy (non-hydrogen) atoms. The van der Waals surface area contributed by atoms with Crippen molar-refractivity contribution in [2.75, 3.05) is 0 Å². The topological polar surface area (TPSA) is 39.6 Å². The van der Waals surface area contributed by atoms with Gasteiger partial charge < -0.3 is 4.98 Å². The van der Waals surface area contributed by atoms with Gasteiger partial charge in [-0.2, -0.15) is 5.26 Å². The summed E-state index contributed by atoms with van der Waals surface area (Å²) < 4.78 is 13.6. The lowest BCUT2D eigenvalue weighted by Gasteiger charge is -1.98. The first kappa shape index (κ1) is 9.22. The van der Waals surface area contributed by atoms with Crippen molar-refractivity contribution in [1.29, 1.82) is 5.26 Å². The summed E-state index contributed by atoms with van der Waals surface area (Å²) in [7, 11) is 0. The summed E-state index contributed by atoms with van der Waals surface area (Å²) in [5.41, 5.74) is 1.65. The van der Waals surface area contributed by atoms with Crippen molar-refractivity contribution in [3.63, 3.8) is 0 Å². The van der Waals surface area contributed by atoms with Crippen LogP contribution in [0.5, 0.6) is 0 Å². The number of halogens is 2. The number of nitriles is 1. The number of hydrogen-bond donors (Lipinski definition) is 1. The lowest BCUT2D eigenvalue weighted by Crippen LogP contribution is -1.82. The highest BCUT2D eigenvalue weighted by molar-refractivity contribution is 9.10. The molecule has 0 unspecified atom stereocenters. The first-order valence-corrected chi connectivity index (χ1v) is 4.84. The molecule has 1 N–H and O–H groups in total. The second-order valence-electron chi connectivity index (χ2n) is 2.93. The zero-order valence-corrected chi connectivity index (χ0v) is 8.73. The number of hydrogen-bond acceptors (Lipinski definition) is 1. The largest absolute Gasteiger partial charge is 0.361 e. The van der Waals surface area contributed by atoms with Crippen molar-refractivity contribution in [2.45, 2.75) is 6.42 Å². The summed E-state index contributed by atoms with van der Waals surface area (Å²) in [5, 5.41) is 9.34. The third-order valence-electron chi connectivity index (χ3n) is 2.09. The molecule has 70 valence electrons. The van der Waals surface area contributed by atoms with Crippen molar-refractivity contribution in [1.82, 2.24) is 4.98 Å². The van der Waals surface area contributed by atoms with Gasteiger partial charge in [0.1, 0.15) is 5.82 Å². The van der Waals surface area contributed by atoms with E-state index in [1.807, 2.05) is 6.07 Å². The molecule has 0 atom stereocenters. The highest BCUT2D eigenvalue weighted by atomic mass is 79.9. The quantitative estimate of drug-likeness (QED) is 0.833. The molecule has 0 aliphatic rings. The zero-order chi connectivity index (χ0) is 10.1. The van der Waals surface area contributed by atoms with Gasteiger partial charge in [-0.1, -0.05) is 0 Å². The van der Waals surface area contributed by atoms with E-state index in [0.717, 1.165) is 16.5 Å². The third kappa shape index (κ3) is 1.30. The fourth-order valence-corrected chi connectivity index (χ4v) is 2.05. The Balaban J connectivity index is 2.77. The molecule has 0 spiro atoms. The van der Waals surface area contributed by atoms with Crippen LogP contribution in [0.3, 0.4) is 0 Å². The number of fused-ring (bicyclic) bond motifs is 1. The van der Waals surface area contributed by atoms with Crippen LogP contribution < -0.4 is 0 Å². The molecule has 0 saturated carbocycles. The van der Waals surface area contributed by atoms with Crippen LogP contribution in [0, 0.1) is 17.1 Å². The summed E-state index contributed by atoms with van der Waals surface area (Å²) in [6.07, 6.45) is 2.01. The van der Waals surface area contributed by atoms with Crippen molar-refractivity contribution >= 4 is 26.8 Å². The smallest absolute Gasteiger partial charge is 0.138 e. The Morgan fingerprint density at radius 3 is 3.00 bits per heavy atom. The molecular weight excluding hydrogens is 247 g/mol. The van der Waals surface area contributed by atoms with Crippen LogP contribution >= 0.6 is 15.9 Å². The van der Waals surface area contributed by atoms with E-state index in [9.17, 15) is 4.39 Å². The molecule has 0 bridgehead atoms. The summed E-state index contributed by atoms with van der Waals surface area (Å²) in [5.74, 6) is -0.309. The average Bonchev–Trinajstić information content (AvgIpc) is 2.57. The number of aromatic nitrogens is 1. The Kier molecular flexibility index (Phi) is 2.26. The minimum absolute atomic E-state index is 0.280. The molecule has 2 rings (SSSR count). The van der Waals surface area contributed by atoms with Crippen LogP contribution in [0.4, 0.5) is 4.39 Å². The van der Waals surface area contributed by atoms with E-state index in [1.54, 1.807) is 12.3 Å². The standard InChI is InChI=1S/C10H6BrFN2/c11-10-7(12)1-2-8-9(10)6(3-4-13)5-14-8/h1-2,5,14H,3H2. The first-order chi connectivity index (χ1) is 6.74. The molecule has 4 heteroatoms. The number of H-pyrrole nitrogens is 1. The van der Waals surface area contributed by atoms with Crippen LogP contribution in [-0.2, 0) is 6.42 Å². The molecule has 1 aromatic carbocycles. The number of rotatable bonds is 1. The van der Waals surface area contributed by atoms with Crippen molar-refractivity contribution in [2.24, 2.45) is 0 Å². The predicted octanol–water partition coefficient (Wildman–Crippen LogP) is 3.14. The molecular formula is C10H6BrFN2. The monoisotopic (exact) mass is 252 g/mol. The van der Waals surface area contributed by atoms with E-state index in [0.29, 0.717) is 4.47 Å². The molecule has 0 radical (unpaired) electrons. The van der Waals surface area contributed by atoms with Crippen molar-refractivity contribution < 1.29 is 4.39 Å². The van der Waals surface area contributed by atoms with Crippen molar-refractivity contribution in [3.8, 4) is 6.07 Å². The molecule has 1 heterocycles. The number of aromatic amines is 1. The fourth-order valence-electron chi connectivity index (χ4n) is 1.45. The Hall–Kier alpha value is -1.34. The highest BCUT2D eigenvalue weighted by Crippen LogP contribution is 2.29. The van der Waals surface area contributed by atoms with Crippen LogP contribution in [0.25, 0.3) is 10.9 Å². The van der Waals surface area contributed by atoms with Gasteiger partial charge in [-0.25, -0.2) is 4.39 Å². The summed E-state index contributed by atoms with van der Waals surface area (Å²) in [6.45, 7) is 0. The van der Waals surface area contributed by atoms with E-state index in [-0.39, 0.29) is 12.2 Å². The number of nitrogens with one attached hydrogen (secondary N) is 1. The van der Waals surface area contributed by atoms with E-state index in [4.69, 9.17) is 5.26 Å². The Morgan fingerprint density at radius 2 is 2.29 bits per heavy atom. The van der Waals surface area contributed by atoms with Gasteiger partial charge in [-0.3, -0.25) is 0 Å². The lowest BCUT2D eigenvalue weighted by atomic mass is 10.1. The molecule has 0 aliphatic carbocycles. The minimum Gasteiger partial charge on any atom is -0.361 e. The maximum Gasteiger partial charge on any atom is 0.138 e. The van der Waals surface area contributed by atoms with Crippen molar-refractivity contribution in [3.05, 3.63) is 34.2 Å². The van der Waals surface area contributed by atoms with Crippen LogP contribution in [-0.4, -0.2) is 4.98 Å². The molecule has 2 aromatic rings. The van der Waals surface area contributed by atoms with Crippen LogP contribution in [0.1, 0.15) is 5.56 Å². The summed E-state index contributed by atoms with van der Waals surface area (Å²) in [6, 6.07) is 5.10. The van der Waals surface area contributed by atoms with Crippen LogP contribution in [0.15, 0.2) is 22.8 Å². The number of nitrogens with zero attached hydrogens (tertiary/aromatic N) is 1. The maximum absolute atomic E-state index is 13.2. The van der Waals surface area contributed by atoms with Gasteiger partial charge in [0.15, 0.2) is 0 Å². The zero-order valence-electron chi connectivity index (χ0n) is 7.14. The van der Waals surface area contributed by atoms with E-state index < -0.39 is 0 Å². The molecule has 0 fully saturated rings. The first-order valence-electron chi connectivity index (χ1n) is 4.05. The van der Waals surface area contributed by atoms with E-state index in [2.05, 4.69) is 20.9 Å². The van der Waals surface area contributed by atoms with Gasteiger partial charge in [0.25, 0.3) is 0 Å². The highest BCUT2D eigenvalue weighted by Gasteiger charge is 2.10. The molecule has 0 amide bonds. The Bertz CT molecular complexity index is 525. The summed E-state index contributed by atoms with van der Waals surface area (Å²) in [4.78, 5) is 2.99. The average molecular weight is 253 g/mol. The second kappa shape index (κ2) is 3.43. The van der Waals surface area contributed by atoms with Gasteiger partial charge >= 0.3 is 0 Å². The molecule has 0 saturated heterocycles. The molecule has 1 aromatic heterocycles. The predicted molar refractivity (Wildman–Crippen MR) is 55.3 cm³/mol. The summed E-state index contributed by atoms with van der Waals surface area (Å²) >= 11 is 3.18. The van der Waals surface area contributed by atoms with Gasteiger partial charge in [-0.05, 0) is 33.6 Å². The molecule has 2 nitrogen and oxygen atoms in total. The van der Waals surface area contributed by atoms with E-state index >= 15 is 0 Å². The minimum atomic E-state index is -0.309. The van der Waals surface area contributed by atoms with Gasteiger partial charge in [0.2, 0.25) is 0 Å². The molecule has 0 aliphatic heterocycles. The second-order valence-corrected chi connectivity index (χ2v) is 3.73. The lowest BCUT2D eigenvalue weighted by molar-refractivity contribution is 0.623. The van der Waals surface area contributed by atoms with Gasteiger partial charge in [0, 0.05) is 17.1 Å². The normalized spacial score (nSPS) is 10.4. The Labute approximate surface area is 88.5 Å². The van der Waals surface area contributed by atoms with Gasteiger partial charge in [0.05, 0.1) is 17.0 Å². The number of benzene rings is 1. The SMILES string of the molecule is N#CCc1c[nH]c2ccc(F)c(Br)c12. The maximum atomic E-state index is 13.2. The van der Waals surface area contributed by atoms with E-state index in [1.165, 1.54) is 6.07 Å². The van der Waals surface area contributed by atoms with Crippen LogP contribution in [0.2, 0.25) is 0 Å².